The van der Waals surface area contributed by atoms with Gasteiger partial charge in [-0.25, -0.2) is 0 Å². The lowest BCUT2D eigenvalue weighted by atomic mass is 10.1. The van der Waals surface area contributed by atoms with Gasteiger partial charge in [-0.2, -0.15) is 11.8 Å². The van der Waals surface area contributed by atoms with E-state index in [4.69, 9.17) is 11.6 Å². The fourth-order valence-corrected chi connectivity index (χ4v) is 3.27. The SMILES string of the molecule is CSCCC(NC(=O)c1ccccc1Cl)C(=O)N(C)Cc1ccccc1. The Morgan fingerprint density at radius 3 is 2.42 bits per heavy atom. The van der Waals surface area contributed by atoms with Crippen molar-refractivity contribution in [3.8, 4) is 0 Å². The zero-order valence-corrected chi connectivity index (χ0v) is 16.5. The van der Waals surface area contributed by atoms with E-state index < -0.39 is 6.04 Å². The van der Waals surface area contributed by atoms with E-state index in [0.717, 1.165) is 11.3 Å². The van der Waals surface area contributed by atoms with E-state index >= 15 is 0 Å². The van der Waals surface area contributed by atoms with Crippen LogP contribution in [0.1, 0.15) is 22.3 Å². The van der Waals surface area contributed by atoms with Crippen LogP contribution in [0.25, 0.3) is 0 Å². The molecule has 0 aromatic heterocycles. The van der Waals surface area contributed by atoms with Gasteiger partial charge in [0.15, 0.2) is 0 Å². The van der Waals surface area contributed by atoms with Crippen molar-refractivity contribution >= 4 is 35.2 Å². The molecule has 138 valence electrons. The van der Waals surface area contributed by atoms with Crippen molar-refractivity contribution < 1.29 is 9.59 Å². The lowest BCUT2D eigenvalue weighted by Gasteiger charge is -2.25. The molecule has 2 amide bonds. The number of halogens is 1. The molecule has 4 nitrogen and oxygen atoms in total. The third-order valence-corrected chi connectivity index (χ3v) is 4.94. The molecular formula is C20H23ClN2O2S. The van der Waals surface area contributed by atoms with E-state index in [1.165, 1.54) is 0 Å². The number of benzene rings is 2. The number of carbonyl (C=O) groups excluding carboxylic acids is 2. The van der Waals surface area contributed by atoms with Crippen LogP contribution in [0.3, 0.4) is 0 Å². The molecule has 26 heavy (non-hydrogen) atoms. The Labute approximate surface area is 163 Å². The standard InChI is InChI=1S/C20H23ClN2O2S/c1-23(14-15-8-4-3-5-9-15)20(25)18(12-13-26-2)22-19(24)16-10-6-7-11-17(16)21/h3-11,18H,12-14H2,1-2H3,(H,22,24). The van der Waals surface area contributed by atoms with Crippen molar-refractivity contribution in [2.45, 2.75) is 19.0 Å². The normalized spacial score (nSPS) is 11.7. The Bertz CT molecular complexity index is 740. The molecule has 0 aliphatic heterocycles. The van der Waals surface area contributed by atoms with E-state index in [1.807, 2.05) is 36.6 Å². The van der Waals surface area contributed by atoms with Crippen molar-refractivity contribution in [2.24, 2.45) is 0 Å². The maximum absolute atomic E-state index is 12.9. The van der Waals surface area contributed by atoms with E-state index in [1.54, 1.807) is 48.0 Å². The van der Waals surface area contributed by atoms with Gasteiger partial charge < -0.3 is 10.2 Å². The molecule has 2 aromatic rings. The number of hydrogen-bond acceptors (Lipinski definition) is 3. The molecule has 0 radical (unpaired) electrons. The van der Waals surface area contributed by atoms with Crippen LogP contribution in [-0.2, 0) is 11.3 Å². The van der Waals surface area contributed by atoms with Crippen LogP contribution in [0, 0.1) is 0 Å². The largest absolute Gasteiger partial charge is 0.340 e. The molecule has 0 aliphatic carbocycles. The summed E-state index contributed by atoms with van der Waals surface area (Å²) in [5.74, 6) is 0.338. The molecule has 2 aromatic carbocycles. The molecule has 6 heteroatoms. The Kier molecular flexibility index (Phi) is 8.01. The summed E-state index contributed by atoms with van der Waals surface area (Å²) in [6.45, 7) is 0.497. The number of nitrogens with one attached hydrogen (secondary N) is 1. The Morgan fingerprint density at radius 1 is 1.12 bits per heavy atom. The maximum Gasteiger partial charge on any atom is 0.253 e. The first-order valence-corrected chi connectivity index (χ1v) is 10.1. The summed E-state index contributed by atoms with van der Waals surface area (Å²) in [4.78, 5) is 27.1. The first-order chi connectivity index (χ1) is 12.5. The van der Waals surface area contributed by atoms with Crippen molar-refractivity contribution in [1.82, 2.24) is 10.2 Å². The number of likely N-dealkylation sites (N-methyl/N-ethyl adjacent to an activating group) is 1. The second-order valence-electron chi connectivity index (χ2n) is 5.97. The molecular weight excluding hydrogens is 368 g/mol. The van der Waals surface area contributed by atoms with Crippen LogP contribution in [0.5, 0.6) is 0 Å². The molecule has 2 rings (SSSR count). The summed E-state index contributed by atoms with van der Waals surface area (Å²) >= 11 is 7.74. The first-order valence-electron chi connectivity index (χ1n) is 8.36. The van der Waals surface area contributed by atoms with Gasteiger partial charge in [0.05, 0.1) is 10.6 Å². The second kappa shape index (κ2) is 10.2. The molecule has 0 bridgehead atoms. The average Bonchev–Trinajstić information content (AvgIpc) is 2.65. The summed E-state index contributed by atoms with van der Waals surface area (Å²) < 4.78 is 0. The smallest absolute Gasteiger partial charge is 0.253 e. The lowest BCUT2D eigenvalue weighted by Crippen LogP contribution is -2.47. The quantitative estimate of drug-likeness (QED) is 0.744. The van der Waals surface area contributed by atoms with Gasteiger partial charge in [0.2, 0.25) is 5.91 Å². The zero-order valence-electron chi connectivity index (χ0n) is 14.9. The van der Waals surface area contributed by atoms with Gasteiger partial charge in [-0.05, 0) is 36.1 Å². The lowest BCUT2D eigenvalue weighted by molar-refractivity contribution is -0.132. The molecule has 0 saturated heterocycles. The Morgan fingerprint density at radius 2 is 1.77 bits per heavy atom. The Hall–Kier alpha value is -1.98. The number of thioether (sulfide) groups is 1. The van der Waals surface area contributed by atoms with Crippen LogP contribution in [0.4, 0.5) is 0 Å². The monoisotopic (exact) mass is 390 g/mol. The highest BCUT2D eigenvalue weighted by Crippen LogP contribution is 2.16. The summed E-state index contributed by atoms with van der Waals surface area (Å²) in [5, 5.41) is 3.22. The first kappa shape index (κ1) is 20.3. The van der Waals surface area contributed by atoms with Crippen LogP contribution < -0.4 is 5.32 Å². The van der Waals surface area contributed by atoms with E-state index in [0.29, 0.717) is 23.6 Å². The molecule has 0 saturated carbocycles. The maximum atomic E-state index is 12.9. The fourth-order valence-electron chi connectivity index (χ4n) is 2.58. The van der Waals surface area contributed by atoms with Gasteiger partial charge in [0.25, 0.3) is 5.91 Å². The minimum Gasteiger partial charge on any atom is -0.340 e. The van der Waals surface area contributed by atoms with Crippen LogP contribution in [-0.4, -0.2) is 41.8 Å². The van der Waals surface area contributed by atoms with Gasteiger partial charge in [-0.15, -0.1) is 0 Å². The molecule has 1 atom stereocenters. The second-order valence-corrected chi connectivity index (χ2v) is 7.36. The minimum absolute atomic E-state index is 0.108. The predicted octanol–water partition coefficient (Wildman–Crippen LogP) is 3.85. The van der Waals surface area contributed by atoms with E-state index in [-0.39, 0.29) is 11.8 Å². The van der Waals surface area contributed by atoms with Crippen molar-refractivity contribution in [2.75, 3.05) is 19.1 Å². The zero-order chi connectivity index (χ0) is 18.9. The summed E-state index contributed by atoms with van der Waals surface area (Å²) in [5.41, 5.74) is 1.42. The topological polar surface area (TPSA) is 49.4 Å². The number of amides is 2. The molecule has 0 spiro atoms. The van der Waals surface area contributed by atoms with Crippen molar-refractivity contribution in [3.05, 3.63) is 70.7 Å². The van der Waals surface area contributed by atoms with Gasteiger partial charge in [0, 0.05) is 13.6 Å². The summed E-state index contributed by atoms with van der Waals surface area (Å²) in [7, 11) is 1.75. The van der Waals surface area contributed by atoms with E-state index in [2.05, 4.69) is 5.32 Å². The van der Waals surface area contributed by atoms with Gasteiger partial charge >= 0.3 is 0 Å². The third-order valence-electron chi connectivity index (χ3n) is 3.97. The molecule has 0 aliphatic rings. The third kappa shape index (κ3) is 5.78. The molecule has 1 N–H and O–H groups in total. The summed E-state index contributed by atoms with van der Waals surface area (Å²) in [6, 6.07) is 16.0. The highest BCUT2D eigenvalue weighted by Gasteiger charge is 2.24. The highest BCUT2D eigenvalue weighted by molar-refractivity contribution is 7.98. The highest BCUT2D eigenvalue weighted by atomic mass is 35.5. The predicted molar refractivity (Wildman–Crippen MR) is 109 cm³/mol. The van der Waals surface area contributed by atoms with Crippen molar-refractivity contribution in [1.29, 1.82) is 0 Å². The summed E-state index contributed by atoms with van der Waals surface area (Å²) in [6.07, 6.45) is 2.54. The fraction of sp³-hybridized carbons (Fsp3) is 0.300. The molecule has 1 unspecified atom stereocenters. The number of carbonyl (C=O) groups is 2. The van der Waals surface area contributed by atoms with Gasteiger partial charge in [-0.1, -0.05) is 54.1 Å². The Balaban J connectivity index is 2.08. The number of hydrogen-bond donors (Lipinski definition) is 1. The minimum atomic E-state index is -0.583. The van der Waals surface area contributed by atoms with Crippen LogP contribution >= 0.6 is 23.4 Å². The van der Waals surface area contributed by atoms with Crippen LogP contribution in [0.15, 0.2) is 54.6 Å². The average molecular weight is 391 g/mol. The number of rotatable bonds is 8. The molecule has 0 fully saturated rings. The van der Waals surface area contributed by atoms with Crippen LogP contribution in [0.2, 0.25) is 5.02 Å². The van der Waals surface area contributed by atoms with Gasteiger partial charge in [0.1, 0.15) is 6.04 Å². The van der Waals surface area contributed by atoms with Crippen molar-refractivity contribution in [3.63, 3.8) is 0 Å². The van der Waals surface area contributed by atoms with E-state index in [9.17, 15) is 9.59 Å². The molecule has 0 heterocycles. The van der Waals surface area contributed by atoms with Gasteiger partial charge in [-0.3, -0.25) is 9.59 Å². The number of nitrogens with zero attached hydrogens (tertiary/aromatic N) is 1.